The van der Waals surface area contributed by atoms with Crippen molar-refractivity contribution in [2.45, 2.75) is 24.9 Å². The van der Waals surface area contributed by atoms with Crippen LogP contribution >= 0.6 is 11.6 Å². The van der Waals surface area contributed by atoms with Crippen molar-refractivity contribution in [2.75, 3.05) is 26.8 Å². The highest BCUT2D eigenvalue weighted by molar-refractivity contribution is 6.35. The monoisotopic (exact) mass is 426 g/mol. The number of para-hydroxylation sites is 2. The Hall–Kier alpha value is -2.77. The molecule has 0 aliphatic carbocycles. The molecule has 0 saturated carbocycles. The molecule has 7 nitrogen and oxygen atoms in total. The lowest BCUT2D eigenvalue weighted by molar-refractivity contribution is 0.0883. The predicted octanol–water partition coefficient (Wildman–Crippen LogP) is 3.55. The quantitative estimate of drug-likeness (QED) is 0.669. The Labute approximate surface area is 179 Å². The molecule has 2 N–H and O–H groups in total. The number of fused-ring (bicyclic) bond motifs is 2. The van der Waals surface area contributed by atoms with Crippen molar-refractivity contribution in [3.63, 3.8) is 0 Å². The number of halogens is 1. The van der Waals surface area contributed by atoms with Crippen LogP contribution in [0.2, 0.25) is 5.02 Å². The van der Waals surface area contributed by atoms with Gasteiger partial charge in [0.1, 0.15) is 19.0 Å². The number of aromatic amines is 1. The zero-order valence-corrected chi connectivity index (χ0v) is 17.4. The maximum atomic E-state index is 13.0. The third kappa shape index (κ3) is 3.48. The second-order valence-corrected chi connectivity index (χ2v) is 8.16. The van der Waals surface area contributed by atoms with Crippen LogP contribution in [0.15, 0.2) is 36.4 Å². The fraction of sp³-hybridized carbons (Fsp3) is 0.364. The summed E-state index contributed by atoms with van der Waals surface area (Å²) in [4.78, 5) is 23.4. The van der Waals surface area contributed by atoms with Gasteiger partial charge in [-0.05, 0) is 44.2 Å². The van der Waals surface area contributed by atoms with Gasteiger partial charge in [-0.2, -0.15) is 0 Å². The summed E-state index contributed by atoms with van der Waals surface area (Å²) in [5.74, 6) is 1.75. The van der Waals surface area contributed by atoms with Crippen LogP contribution in [0, 0.1) is 0 Å². The van der Waals surface area contributed by atoms with Crippen LogP contribution in [-0.4, -0.2) is 53.6 Å². The van der Waals surface area contributed by atoms with E-state index in [4.69, 9.17) is 26.1 Å². The van der Waals surface area contributed by atoms with Crippen molar-refractivity contribution in [1.82, 2.24) is 20.2 Å². The lowest BCUT2D eigenvalue weighted by Gasteiger charge is -2.36. The van der Waals surface area contributed by atoms with Crippen molar-refractivity contribution in [3.8, 4) is 11.5 Å². The Bertz CT molecular complexity index is 1070. The molecular weight excluding hydrogens is 404 g/mol. The number of rotatable bonds is 3. The van der Waals surface area contributed by atoms with Crippen LogP contribution in [-0.2, 0) is 0 Å². The van der Waals surface area contributed by atoms with Crippen molar-refractivity contribution in [1.29, 1.82) is 0 Å². The van der Waals surface area contributed by atoms with Crippen LogP contribution in [0.3, 0.4) is 0 Å². The highest BCUT2D eigenvalue weighted by atomic mass is 35.5. The minimum absolute atomic E-state index is 0.0242. The maximum absolute atomic E-state index is 13.0. The molecule has 2 aliphatic rings. The van der Waals surface area contributed by atoms with Gasteiger partial charge >= 0.3 is 0 Å². The third-order valence-corrected chi connectivity index (χ3v) is 6.20. The first-order valence-corrected chi connectivity index (χ1v) is 10.5. The van der Waals surface area contributed by atoms with E-state index in [1.165, 1.54) is 0 Å². The highest BCUT2D eigenvalue weighted by Gasteiger charge is 2.31. The molecule has 2 atom stereocenters. The second-order valence-electron chi connectivity index (χ2n) is 7.78. The number of hydrogen-bond donors (Lipinski definition) is 2. The number of carbonyl (C=O) groups excluding carboxylic acids is 1. The summed E-state index contributed by atoms with van der Waals surface area (Å²) >= 11 is 6.44. The van der Waals surface area contributed by atoms with Crippen molar-refractivity contribution in [2.24, 2.45) is 0 Å². The van der Waals surface area contributed by atoms with Gasteiger partial charge in [0, 0.05) is 12.6 Å². The van der Waals surface area contributed by atoms with Gasteiger partial charge in [0.25, 0.3) is 5.91 Å². The van der Waals surface area contributed by atoms with Crippen LogP contribution < -0.4 is 14.8 Å². The molecule has 1 saturated heterocycles. The standard InChI is InChI=1S/C22H23ClN4O3/c1-27-9-8-13(12-17(27)21-25-15-4-2-3-5-16(15)26-21)24-22(28)14-6-7-18-20(19(14)23)30-11-10-29-18/h2-7,13,17H,8-12H2,1H3,(H,24,28)(H,25,26)/t13?,17-/m1/s1. The molecule has 5 rings (SSSR count). The van der Waals surface area contributed by atoms with Gasteiger partial charge in [0.05, 0.1) is 27.7 Å². The number of nitrogens with one attached hydrogen (secondary N) is 2. The van der Waals surface area contributed by atoms with Gasteiger partial charge in [-0.25, -0.2) is 4.98 Å². The van der Waals surface area contributed by atoms with Crippen LogP contribution in [0.5, 0.6) is 11.5 Å². The summed E-state index contributed by atoms with van der Waals surface area (Å²) in [6, 6.07) is 11.6. The molecule has 156 valence electrons. The zero-order chi connectivity index (χ0) is 20.7. The summed E-state index contributed by atoms with van der Waals surface area (Å²) in [5.41, 5.74) is 2.38. The third-order valence-electron chi connectivity index (χ3n) is 5.82. The van der Waals surface area contributed by atoms with E-state index in [9.17, 15) is 4.79 Å². The number of hydrogen-bond acceptors (Lipinski definition) is 5. The lowest BCUT2D eigenvalue weighted by atomic mass is 9.96. The smallest absolute Gasteiger partial charge is 0.253 e. The molecular formula is C22H23ClN4O3. The number of nitrogens with zero attached hydrogens (tertiary/aromatic N) is 2. The van der Waals surface area contributed by atoms with Gasteiger partial charge in [0.2, 0.25) is 0 Å². The molecule has 30 heavy (non-hydrogen) atoms. The van der Waals surface area contributed by atoms with E-state index >= 15 is 0 Å². The van der Waals surface area contributed by atoms with Gasteiger partial charge in [-0.15, -0.1) is 0 Å². The summed E-state index contributed by atoms with van der Waals surface area (Å²) in [7, 11) is 2.09. The Morgan fingerprint density at radius 1 is 1.23 bits per heavy atom. The Kier molecular flexibility index (Phi) is 5.00. The number of H-pyrrole nitrogens is 1. The summed E-state index contributed by atoms with van der Waals surface area (Å²) in [6.07, 6.45) is 1.63. The fourth-order valence-electron chi connectivity index (χ4n) is 4.18. The molecule has 0 spiro atoms. The SMILES string of the molecule is CN1CCC(NC(=O)c2ccc3c(c2Cl)OCCO3)C[C@@H]1c1nc2ccccc2[nH]1. The van der Waals surface area contributed by atoms with Crippen molar-refractivity contribution < 1.29 is 14.3 Å². The average molecular weight is 427 g/mol. The molecule has 0 bridgehead atoms. The van der Waals surface area contributed by atoms with Crippen LogP contribution in [0.25, 0.3) is 11.0 Å². The Morgan fingerprint density at radius 3 is 2.93 bits per heavy atom. The summed E-state index contributed by atoms with van der Waals surface area (Å²) in [6.45, 7) is 1.76. The number of piperidine rings is 1. The van der Waals surface area contributed by atoms with Gasteiger partial charge in [0.15, 0.2) is 11.5 Å². The van der Waals surface area contributed by atoms with E-state index in [1.807, 2.05) is 24.3 Å². The molecule has 2 aliphatic heterocycles. The number of imidazole rings is 1. The minimum Gasteiger partial charge on any atom is -0.486 e. The lowest BCUT2D eigenvalue weighted by Crippen LogP contribution is -2.45. The highest BCUT2D eigenvalue weighted by Crippen LogP contribution is 2.39. The number of likely N-dealkylation sites (tertiary alicyclic amines) is 1. The summed E-state index contributed by atoms with van der Waals surface area (Å²) in [5, 5.41) is 3.45. The number of aromatic nitrogens is 2. The van der Waals surface area contributed by atoms with Gasteiger partial charge in [-0.3, -0.25) is 9.69 Å². The fourth-order valence-corrected chi connectivity index (χ4v) is 4.48. The number of carbonyl (C=O) groups is 1. The molecule has 3 heterocycles. The maximum Gasteiger partial charge on any atom is 0.253 e. The minimum atomic E-state index is -0.199. The molecule has 3 aromatic rings. The number of benzene rings is 2. The van der Waals surface area contributed by atoms with E-state index in [-0.39, 0.29) is 18.0 Å². The Morgan fingerprint density at radius 2 is 2.07 bits per heavy atom. The largest absolute Gasteiger partial charge is 0.486 e. The molecule has 1 aromatic heterocycles. The molecule has 0 radical (unpaired) electrons. The first kappa shape index (κ1) is 19.2. The summed E-state index contributed by atoms with van der Waals surface area (Å²) < 4.78 is 11.1. The topological polar surface area (TPSA) is 79.5 Å². The van der Waals surface area contributed by atoms with E-state index in [1.54, 1.807) is 12.1 Å². The van der Waals surface area contributed by atoms with Crippen molar-refractivity contribution in [3.05, 3.63) is 52.8 Å². The van der Waals surface area contributed by atoms with E-state index < -0.39 is 0 Å². The van der Waals surface area contributed by atoms with Crippen LogP contribution in [0.1, 0.15) is 35.1 Å². The molecule has 1 fully saturated rings. The molecule has 1 amide bonds. The Balaban J connectivity index is 1.33. The molecule has 1 unspecified atom stereocenters. The number of amides is 1. The number of ether oxygens (including phenoxy) is 2. The normalized spacial score (nSPS) is 21.5. The van der Waals surface area contributed by atoms with E-state index in [0.717, 1.165) is 36.2 Å². The predicted molar refractivity (Wildman–Crippen MR) is 114 cm³/mol. The molecule has 8 heteroatoms. The first-order chi connectivity index (χ1) is 14.6. The van der Waals surface area contributed by atoms with E-state index in [0.29, 0.717) is 35.3 Å². The van der Waals surface area contributed by atoms with Crippen molar-refractivity contribution >= 4 is 28.5 Å². The first-order valence-electron chi connectivity index (χ1n) is 10.1. The second kappa shape index (κ2) is 7.81. The van der Waals surface area contributed by atoms with Crippen LogP contribution in [0.4, 0.5) is 0 Å². The molecule has 2 aromatic carbocycles. The van der Waals surface area contributed by atoms with E-state index in [2.05, 4.69) is 22.2 Å². The van der Waals surface area contributed by atoms with Gasteiger partial charge in [-0.1, -0.05) is 23.7 Å². The van der Waals surface area contributed by atoms with Gasteiger partial charge < -0.3 is 19.8 Å². The zero-order valence-electron chi connectivity index (χ0n) is 16.7. The average Bonchev–Trinajstić information content (AvgIpc) is 3.19.